The molecule has 0 saturated heterocycles. The molecule has 0 atom stereocenters. The third-order valence-electron chi connectivity index (χ3n) is 2.05. The molecule has 0 aliphatic heterocycles. The van der Waals surface area contributed by atoms with Crippen LogP contribution in [0, 0.1) is 0 Å². The predicted octanol–water partition coefficient (Wildman–Crippen LogP) is 0.517. The lowest BCUT2D eigenvalue weighted by molar-refractivity contribution is 0.0952. The summed E-state index contributed by atoms with van der Waals surface area (Å²) in [6.07, 6.45) is 3.60. The normalized spacial score (nSPS) is 10.1. The first kappa shape index (κ1) is 12.4. The number of hydrogen-bond acceptors (Lipinski definition) is 4. The molecule has 1 aromatic rings. The Balaban J connectivity index is 2.30. The van der Waals surface area contributed by atoms with Gasteiger partial charge in [-0.2, -0.15) is 0 Å². The van der Waals surface area contributed by atoms with E-state index in [1.165, 1.54) is 18.5 Å². The second kappa shape index (κ2) is 6.79. The van der Waals surface area contributed by atoms with Gasteiger partial charge in [-0.15, -0.1) is 0 Å². The molecule has 0 aliphatic rings. The minimum Gasteiger partial charge on any atom is -0.506 e. The molecule has 5 heteroatoms. The highest BCUT2D eigenvalue weighted by Crippen LogP contribution is 2.07. The quantitative estimate of drug-likeness (QED) is 0.614. The zero-order valence-corrected chi connectivity index (χ0v) is 9.36. The van der Waals surface area contributed by atoms with Gasteiger partial charge in [0.05, 0.1) is 11.8 Å². The topological polar surface area (TPSA) is 74.2 Å². The van der Waals surface area contributed by atoms with Crippen molar-refractivity contribution in [1.29, 1.82) is 0 Å². The molecule has 0 bridgehead atoms. The van der Waals surface area contributed by atoms with E-state index in [1.807, 2.05) is 6.92 Å². The minimum absolute atomic E-state index is 0.000277. The molecule has 0 fully saturated rings. The molecule has 5 nitrogen and oxygen atoms in total. The number of pyridine rings is 1. The van der Waals surface area contributed by atoms with Crippen molar-refractivity contribution in [2.45, 2.75) is 13.3 Å². The van der Waals surface area contributed by atoms with Gasteiger partial charge in [0.25, 0.3) is 5.91 Å². The van der Waals surface area contributed by atoms with Crippen LogP contribution in [-0.2, 0) is 0 Å². The van der Waals surface area contributed by atoms with Gasteiger partial charge in [0, 0.05) is 12.7 Å². The molecular weight excluding hydrogens is 206 g/mol. The van der Waals surface area contributed by atoms with Gasteiger partial charge in [0.2, 0.25) is 0 Å². The number of amides is 1. The van der Waals surface area contributed by atoms with E-state index >= 15 is 0 Å². The Kier molecular flexibility index (Phi) is 5.28. The molecule has 1 heterocycles. The second-order valence-corrected chi connectivity index (χ2v) is 3.39. The lowest BCUT2D eigenvalue weighted by atomic mass is 10.2. The van der Waals surface area contributed by atoms with Gasteiger partial charge in [0.1, 0.15) is 5.75 Å². The molecule has 1 rings (SSSR count). The van der Waals surface area contributed by atoms with Gasteiger partial charge < -0.3 is 15.7 Å². The number of aromatic hydroxyl groups is 1. The molecule has 16 heavy (non-hydrogen) atoms. The first-order valence-corrected chi connectivity index (χ1v) is 5.37. The van der Waals surface area contributed by atoms with Crippen molar-refractivity contribution in [3.63, 3.8) is 0 Å². The highest BCUT2D eigenvalue weighted by Gasteiger charge is 2.05. The molecular formula is C11H17N3O2. The molecule has 88 valence electrons. The number of aromatic nitrogens is 1. The van der Waals surface area contributed by atoms with E-state index in [4.69, 9.17) is 5.11 Å². The number of carbonyl (C=O) groups is 1. The summed E-state index contributed by atoms with van der Waals surface area (Å²) in [4.78, 5) is 15.3. The summed E-state index contributed by atoms with van der Waals surface area (Å²) >= 11 is 0. The summed E-state index contributed by atoms with van der Waals surface area (Å²) in [7, 11) is 0. The van der Waals surface area contributed by atoms with Gasteiger partial charge in [-0.05, 0) is 25.6 Å². The molecule has 0 aromatic carbocycles. The molecule has 0 aliphatic carbocycles. The highest BCUT2D eigenvalue weighted by molar-refractivity contribution is 5.94. The van der Waals surface area contributed by atoms with Crippen LogP contribution in [0.25, 0.3) is 0 Å². The van der Waals surface area contributed by atoms with Crippen LogP contribution in [0.2, 0.25) is 0 Å². The Hall–Kier alpha value is -1.62. The van der Waals surface area contributed by atoms with E-state index < -0.39 is 0 Å². The van der Waals surface area contributed by atoms with Crippen LogP contribution in [0.5, 0.6) is 5.75 Å². The molecule has 0 saturated carbocycles. The van der Waals surface area contributed by atoms with E-state index in [-0.39, 0.29) is 11.7 Å². The fourth-order valence-corrected chi connectivity index (χ4v) is 1.25. The average Bonchev–Trinajstić information content (AvgIpc) is 2.28. The standard InChI is InChI=1S/C11H17N3O2/c1-2-12-4-3-5-14-11(16)9-6-10(15)8-13-7-9/h6-8,12,15H,2-5H2,1H3,(H,14,16). The van der Waals surface area contributed by atoms with E-state index in [2.05, 4.69) is 15.6 Å². The Bertz CT molecular complexity index is 342. The van der Waals surface area contributed by atoms with Crippen LogP contribution in [-0.4, -0.2) is 35.6 Å². The summed E-state index contributed by atoms with van der Waals surface area (Å²) in [6.45, 7) is 4.47. The summed E-state index contributed by atoms with van der Waals surface area (Å²) in [5, 5.41) is 15.1. The van der Waals surface area contributed by atoms with E-state index in [1.54, 1.807) is 0 Å². The third kappa shape index (κ3) is 4.27. The van der Waals surface area contributed by atoms with Gasteiger partial charge in [-0.3, -0.25) is 9.78 Å². The third-order valence-corrected chi connectivity index (χ3v) is 2.05. The number of carbonyl (C=O) groups excluding carboxylic acids is 1. The van der Waals surface area contributed by atoms with Crippen LogP contribution in [0.15, 0.2) is 18.5 Å². The van der Waals surface area contributed by atoms with Gasteiger partial charge in [-0.1, -0.05) is 6.92 Å². The van der Waals surface area contributed by atoms with Crippen LogP contribution >= 0.6 is 0 Å². The van der Waals surface area contributed by atoms with E-state index in [0.717, 1.165) is 19.5 Å². The lowest BCUT2D eigenvalue weighted by Gasteiger charge is -2.05. The number of hydrogen-bond donors (Lipinski definition) is 3. The maximum Gasteiger partial charge on any atom is 0.252 e. The zero-order chi connectivity index (χ0) is 11.8. The summed E-state index contributed by atoms with van der Waals surface area (Å²) in [5.41, 5.74) is 0.378. The Morgan fingerprint density at radius 3 is 2.94 bits per heavy atom. The molecule has 1 amide bonds. The maximum atomic E-state index is 11.5. The van der Waals surface area contributed by atoms with Crippen molar-refractivity contribution in [1.82, 2.24) is 15.6 Å². The number of nitrogens with zero attached hydrogens (tertiary/aromatic N) is 1. The van der Waals surface area contributed by atoms with Crippen LogP contribution in [0.4, 0.5) is 0 Å². The monoisotopic (exact) mass is 223 g/mol. The summed E-state index contributed by atoms with van der Waals surface area (Å²) in [5.74, 6) is -0.208. The lowest BCUT2D eigenvalue weighted by Crippen LogP contribution is -2.27. The Morgan fingerprint density at radius 2 is 2.25 bits per heavy atom. The van der Waals surface area contributed by atoms with Crippen LogP contribution in [0.1, 0.15) is 23.7 Å². The van der Waals surface area contributed by atoms with Crippen molar-refractivity contribution in [2.24, 2.45) is 0 Å². The largest absolute Gasteiger partial charge is 0.506 e. The first-order valence-electron chi connectivity index (χ1n) is 5.37. The van der Waals surface area contributed by atoms with Gasteiger partial charge >= 0.3 is 0 Å². The predicted molar refractivity (Wildman–Crippen MR) is 61.4 cm³/mol. The first-order chi connectivity index (χ1) is 7.74. The smallest absolute Gasteiger partial charge is 0.252 e. The van der Waals surface area contributed by atoms with Crippen molar-refractivity contribution < 1.29 is 9.90 Å². The molecule has 0 unspecified atom stereocenters. The average molecular weight is 223 g/mol. The maximum absolute atomic E-state index is 11.5. The SMILES string of the molecule is CCNCCCNC(=O)c1cncc(O)c1. The van der Waals surface area contributed by atoms with E-state index in [9.17, 15) is 4.79 Å². The highest BCUT2D eigenvalue weighted by atomic mass is 16.3. The fraction of sp³-hybridized carbons (Fsp3) is 0.455. The fourth-order valence-electron chi connectivity index (χ4n) is 1.25. The second-order valence-electron chi connectivity index (χ2n) is 3.39. The minimum atomic E-state index is -0.208. The molecule has 3 N–H and O–H groups in total. The van der Waals surface area contributed by atoms with Crippen LogP contribution in [0.3, 0.4) is 0 Å². The van der Waals surface area contributed by atoms with Crippen molar-refractivity contribution in [2.75, 3.05) is 19.6 Å². The number of nitrogens with one attached hydrogen (secondary N) is 2. The van der Waals surface area contributed by atoms with Crippen molar-refractivity contribution in [3.8, 4) is 5.75 Å². The van der Waals surface area contributed by atoms with E-state index in [0.29, 0.717) is 12.1 Å². The zero-order valence-electron chi connectivity index (χ0n) is 9.36. The molecule has 0 spiro atoms. The molecule has 0 radical (unpaired) electrons. The summed E-state index contributed by atoms with van der Waals surface area (Å²) < 4.78 is 0. The summed E-state index contributed by atoms with van der Waals surface area (Å²) in [6, 6.07) is 1.40. The van der Waals surface area contributed by atoms with Crippen molar-refractivity contribution in [3.05, 3.63) is 24.0 Å². The molecule has 1 aromatic heterocycles. The Morgan fingerprint density at radius 1 is 1.44 bits per heavy atom. The van der Waals surface area contributed by atoms with Crippen LogP contribution < -0.4 is 10.6 Å². The Labute approximate surface area is 94.9 Å². The van der Waals surface area contributed by atoms with Gasteiger partial charge in [0.15, 0.2) is 0 Å². The number of rotatable bonds is 6. The van der Waals surface area contributed by atoms with Crippen molar-refractivity contribution >= 4 is 5.91 Å². The van der Waals surface area contributed by atoms with Gasteiger partial charge in [-0.25, -0.2) is 0 Å².